The minimum Gasteiger partial charge on any atom is -0.280 e. The van der Waals surface area contributed by atoms with Crippen LogP contribution in [-0.2, 0) is 15.4 Å². The summed E-state index contributed by atoms with van der Waals surface area (Å²) in [5.74, 6) is 0.247. The molecule has 2 aromatic carbocycles. The van der Waals surface area contributed by atoms with Gasteiger partial charge in [-0.2, -0.15) is 0 Å². The minimum absolute atomic E-state index is 0.0318. The van der Waals surface area contributed by atoms with E-state index in [-0.39, 0.29) is 16.2 Å². The normalized spacial score (nSPS) is 12.4. The molecule has 3 rings (SSSR count). The Labute approximate surface area is 166 Å². The van der Waals surface area contributed by atoms with E-state index in [4.69, 9.17) is 0 Å². The molecule has 0 bridgehead atoms. The van der Waals surface area contributed by atoms with Crippen LogP contribution in [0, 0.1) is 0 Å². The minimum atomic E-state index is -3.68. The third-order valence-electron chi connectivity index (χ3n) is 4.54. The van der Waals surface area contributed by atoms with Crippen LogP contribution in [0.2, 0.25) is 0 Å². The van der Waals surface area contributed by atoms with Gasteiger partial charge in [-0.3, -0.25) is 4.72 Å². The predicted octanol–water partition coefficient (Wildman–Crippen LogP) is 4.49. The molecule has 0 aliphatic rings. The molecule has 0 radical (unpaired) electrons. The molecule has 1 heterocycles. The quantitative estimate of drug-likeness (QED) is 0.687. The molecule has 0 aliphatic heterocycles. The first-order valence-electron chi connectivity index (χ1n) is 9.22. The van der Waals surface area contributed by atoms with Crippen LogP contribution >= 0.6 is 0 Å². The van der Waals surface area contributed by atoms with Gasteiger partial charge in [-0.15, -0.1) is 5.10 Å². The molecule has 148 valence electrons. The molecule has 6 nitrogen and oxygen atoms in total. The van der Waals surface area contributed by atoms with Gasteiger partial charge < -0.3 is 0 Å². The number of anilines is 1. The van der Waals surface area contributed by atoms with Gasteiger partial charge in [0.15, 0.2) is 0 Å². The molecule has 1 aromatic heterocycles. The van der Waals surface area contributed by atoms with Crippen molar-refractivity contribution in [3.8, 4) is 5.69 Å². The maximum atomic E-state index is 12.8. The van der Waals surface area contributed by atoms with Crippen LogP contribution in [0.4, 0.5) is 5.69 Å². The predicted molar refractivity (Wildman–Crippen MR) is 111 cm³/mol. The van der Waals surface area contributed by atoms with E-state index in [2.05, 4.69) is 49.7 Å². The molecule has 0 aliphatic carbocycles. The highest BCUT2D eigenvalue weighted by Crippen LogP contribution is 2.25. The monoisotopic (exact) mass is 398 g/mol. The second-order valence-corrected chi connectivity index (χ2v) is 9.84. The largest absolute Gasteiger partial charge is 0.280 e. The summed E-state index contributed by atoms with van der Waals surface area (Å²) in [7, 11) is -3.68. The number of hydrogen-bond donors (Lipinski definition) is 1. The van der Waals surface area contributed by atoms with Crippen molar-refractivity contribution in [3.63, 3.8) is 0 Å². The standard InChI is InChI=1S/C21H26N4O2S/c1-15(2)20-14-22-24-25(20)18-8-6-7-17(13-18)23-28(26,27)19-11-9-16(10-12-19)21(3,4)5/h6-15,23H,1-5H3. The van der Waals surface area contributed by atoms with Gasteiger partial charge >= 0.3 is 0 Å². The van der Waals surface area contributed by atoms with Crippen molar-refractivity contribution in [2.75, 3.05) is 4.72 Å². The average molecular weight is 399 g/mol. The van der Waals surface area contributed by atoms with Crippen molar-refractivity contribution in [3.05, 3.63) is 66.0 Å². The number of hydrogen-bond acceptors (Lipinski definition) is 4. The lowest BCUT2D eigenvalue weighted by atomic mass is 9.87. The molecule has 28 heavy (non-hydrogen) atoms. The first-order chi connectivity index (χ1) is 13.1. The van der Waals surface area contributed by atoms with Crippen molar-refractivity contribution in [2.24, 2.45) is 0 Å². The molecule has 7 heteroatoms. The van der Waals surface area contributed by atoms with Crippen LogP contribution in [0.15, 0.2) is 59.6 Å². The number of aromatic nitrogens is 3. The van der Waals surface area contributed by atoms with E-state index in [0.717, 1.165) is 16.9 Å². The lowest BCUT2D eigenvalue weighted by molar-refractivity contribution is 0.587. The van der Waals surface area contributed by atoms with E-state index >= 15 is 0 Å². The van der Waals surface area contributed by atoms with E-state index < -0.39 is 10.0 Å². The van der Waals surface area contributed by atoms with E-state index in [9.17, 15) is 8.42 Å². The highest BCUT2D eigenvalue weighted by Gasteiger charge is 2.18. The zero-order valence-corrected chi connectivity index (χ0v) is 17.7. The van der Waals surface area contributed by atoms with Gasteiger partial charge in [-0.05, 0) is 47.2 Å². The number of benzene rings is 2. The second kappa shape index (κ2) is 7.39. The van der Waals surface area contributed by atoms with Gasteiger partial charge in [-0.25, -0.2) is 13.1 Å². The fraction of sp³-hybridized carbons (Fsp3) is 0.333. The summed E-state index contributed by atoms with van der Waals surface area (Å²) in [5.41, 5.74) is 3.24. The van der Waals surface area contributed by atoms with Crippen LogP contribution in [0.3, 0.4) is 0 Å². The third kappa shape index (κ3) is 4.25. The molecule has 0 fully saturated rings. The van der Waals surface area contributed by atoms with Gasteiger partial charge in [0, 0.05) is 0 Å². The molecular weight excluding hydrogens is 372 g/mol. The number of sulfonamides is 1. The summed E-state index contributed by atoms with van der Waals surface area (Å²) in [6.07, 6.45) is 1.72. The highest BCUT2D eigenvalue weighted by molar-refractivity contribution is 7.92. The van der Waals surface area contributed by atoms with Gasteiger partial charge in [-0.1, -0.05) is 58.0 Å². The van der Waals surface area contributed by atoms with Crippen molar-refractivity contribution < 1.29 is 8.42 Å². The van der Waals surface area contributed by atoms with Crippen LogP contribution in [0.5, 0.6) is 0 Å². The Morgan fingerprint density at radius 1 is 1.04 bits per heavy atom. The maximum Gasteiger partial charge on any atom is 0.261 e. The second-order valence-electron chi connectivity index (χ2n) is 8.16. The smallest absolute Gasteiger partial charge is 0.261 e. The summed E-state index contributed by atoms with van der Waals surface area (Å²) < 4.78 is 30.0. The Bertz CT molecular complexity index is 1060. The summed E-state index contributed by atoms with van der Waals surface area (Å²) in [5, 5.41) is 8.10. The molecule has 3 aromatic rings. The first kappa shape index (κ1) is 20.1. The number of nitrogens with one attached hydrogen (secondary N) is 1. The van der Waals surface area contributed by atoms with Crippen LogP contribution in [-0.4, -0.2) is 23.4 Å². The van der Waals surface area contributed by atoms with Gasteiger partial charge in [0.2, 0.25) is 0 Å². The molecule has 1 N–H and O–H groups in total. The summed E-state index contributed by atoms with van der Waals surface area (Å²) in [6, 6.07) is 14.1. The molecule has 0 unspecified atom stereocenters. The van der Waals surface area contributed by atoms with E-state index in [1.807, 2.05) is 18.2 Å². The fourth-order valence-electron chi connectivity index (χ4n) is 2.89. The van der Waals surface area contributed by atoms with Crippen LogP contribution in [0.1, 0.15) is 51.8 Å². The molecular formula is C21H26N4O2S. The van der Waals surface area contributed by atoms with Gasteiger partial charge in [0.25, 0.3) is 10.0 Å². The molecule has 0 spiro atoms. The number of nitrogens with zero attached hydrogens (tertiary/aromatic N) is 3. The van der Waals surface area contributed by atoms with E-state index in [1.54, 1.807) is 41.2 Å². The Morgan fingerprint density at radius 3 is 2.32 bits per heavy atom. The van der Waals surface area contributed by atoms with Gasteiger partial charge in [0.05, 0.1) is 28.2 Å². The fourth-order valence-corrected chi connectivity index (χ4v) is 3.94. The maximum absolute atomic E-state index is 12.8. The molecule has 0 atom stereocenters. The first-order valence-corrected chi connectivity index (χ1v) is 10.7. The Hall–Kier alpha value is -2.67. The third-order valence-corrected chi connectivity index (χ3v) is 5.94. The van der Waals surface area contributed by atoms with E-state index in [0.29, 0.717) is 5.69 Å². The van der Waals surface area contributed by atoms with Crippen molar-refractivity contribution in [2.45, 2.75) is 50.8 Å². The molecule has 0 saturated carbocycles. The Kier molecular flexibility index (Phi) is 5.30. The van der Waals surface area contributed by atoms with E-state index in [1.165, 1.54) is 0 Å². The lowest BCUT2D eigenvalue weighted by Crippen LogP contribution is -2.15. The van der Waals surface area contributed by atoms with Crippen LogP contribution in [0.25, 0.3) is 5.69 Å². The summed E-state index contributed by atoms with van der Waals surface area (Å²) >= 11 is 0. The topological polar surface area (TPSA) is 76.9 Å². The molecule has 0 saturated heterocycles. The summed E-state index contributed by atoms with van der Waals surface area (Å²) in [6.45, 7) is 10.4. The van der Waals surface area contributed by atoms with Crippen molar-refractivity contribution in [1.29, 1.82) is 0 Å². The number of rotatable bonds is 5. The lowest BCUT2D eigenvalue weighted by Gasteiger charge is -2.19. The molecule has 0 amide bonds. The zero-order valence-electron chi connectivity index (χ0n) is 16.8. The zero-order chi connectivity index (χ0) is 20.5. The summed E-state index contributed by atoms with van der Waals surface area (Å²) in [4.78, 5) is 0.231. The highest BCUT2D eigenvalue weighted by atomic mass is 32.2. The van der Waals surface area contributed by atoms with Crippen LogP contribution < -0.4 is 4.72 Å². The average Bonchev–Trinajstić information content (AvgIpc) is 3.11. The Balaban J connectivity index is 1.88. The SMILES string of the molecule is CC(C)c1cnnn1-c1cccc(NS(=O)(=O)c2ccc(C(C)(C)C)cc2)c1. The van der Waals surface area contributed by atoms with Crippen molar-refractivity contribution in [1.82, 2.24) is 15.0 Å². The van der Waals surface area contributed by atoms with Crippen molar-refractivity contribution >= 4 is 15.7 Å². The van der Waals surface area contributed by atoms with Gasteiger partial charge in [0.1, 0.15) is 0 Å². The Morgan fingerprint density at radius 2 is 1.71 bits per heavy atom.